The van der Waals surface area contributed by atoms with E-state index in [1.165, 1.54) is 23.3 Å². The van der Waals surface area contributed by atoms with E-state index < -0.39 is 0 Å². The maximum Gasteiger partial charge on any atom is 0.257 e. The van der Waals surface area contributed by atoms with Crippen LogP contribution in [0.4, 0.5) is 5.13 Å². The van der Waals surface area contributed by atoms with Crippen molar-refractivity contribution in [3.63, 3.8) is 0 Å². The Morgan fingerprint density at radius 2 is 1.81 bits per heavy atom. The first-order valence-corrected chi connectivity index (χ1v) is 12.4. The van der Waals surface area contributed by atoms with Crippen LogP contribution in [0.15, 0.2) is 66.7 Å². The van der Waals surface area contributed by atoms with E-state index in [2.05, 4.69) is 32.7 Å². The smallest absolute Gasteiger partial charge is 0.257 e. The van der Waals surface area contributed by atoms with Gasteiger partial charge in [-0.1, -0.05) is 53.8 Å². The van der Waals surface area contributed by atoms with Gasteiger partial charge in [-0.15, -0.1) is 24.8 Å². The van der Waals surface area contributed by atoms with Crippen LogP contribution >= 0.6 is 36.2 Å². The number of fused-ring (bicyclic) bond motifs is 1. The minimum absolute atomic E-state index is 0. The molecule has 1 aromatic heterocycles. The fourth-order valence-electron chi connectivity index (χ4n) is 4.30. The van der Waals surface area contributed by atoms with Gasteiger partial charge in [-0.25, -0.2) is 4.98 Å². The van der Waals surface area contributed by atoms with E-state index in [0.29, 0.717) is 16.4 Å². The molecule has 0 atom stereocenters. The number of hydrogen-bond acceptors (Lipinski definition) is 6. The summed E-state index contributed by atoms with van der Waals surface area (Å²) in [6.07, 6.45) is 1.17. The molecular formula is C27H30Cl2N4O2S. The molecule has 3 aromatic carbocycles. The first kappa shape index (κ1) is 27.9. The van der Waals surface area contributed by atoms with Gasteiger partial charge >= 0.3 is 0 Å². The Labute approximate surface area is 227 Å². The number of carbonyl (C=O) groups is 1. The highest BCUT2D eigenvalue weighted by Crippen LogP contribution is 2.39. The number of nitrogens with one attached hydrogen (secondary N) is 2. The van der Waals surface area contributed by atoms with Gasteiger partial charge in [-0.2, -0.15) is 0 Å². The van der Waals surface area contributed by atoms with E-state index in [4.69, 9.17) is 4.74 Å². The molecule has 0 bridgehead atoms. The van der Waals surface area contributed by atoms with Crippen LogP contribution in [-0.4, -0.2) is 49.1 Å². The standard InChI is InChI=1S/C27H28N4O2S.2ClH/c1-33-23-13-12-22(20-6-3-2-4-7-20)25-24(23)29-27(34-25)30-26(32)21-10-8-19(9-11-21)18-31-16-5-14-28-15-17-31;;/h2-4,6-13,28H,5,14-18H2,1H3,(H,29,30,32);2*1H. The lowest BCUT2D eigenvalue weighted by Gasteiger charge is -2.19. The minimum atomic E-state index is -0.162. The summed E-state index contributed by atoms with van der Waals surface area (Å²) >= 11 is 1.46. The maximum absolute atomic E-state index is 13.0. The van der Waals surface area contributed by atoms with Gasteiger partial charge in [0, 0.05) is 30.8 Å². The first-order chi connectivity index (χ1) is 16.7. The number of methoxy groups -OCH3 is 1. The van der Waals surface area contributed by atoms with Gasteiger partial charge in [0.05, 0.1) is 11.8 Å². The lowest BCUT2D eigenvalue weighted by Crippen LogP contribution is -2.27. The number of aromatic nitrogens is 1. The van der Waals surface area contributed by atoms with Crippen molar-refractivity contribution in [1.29, 1.82) is 0 Å². The van der Waals surface area contributed by atoms with Gasteiger partial charge in [0.25, 0.3) is 5.91 Å². The number of hydrogen-bond donors (Lipinski definition) is 2. The third kappa shape index (κ3) is 6.35. The summed E-state index contributed by atoms with van der Waals surface area (Å²) < 4.78 is 6.52. The molecule has 0 saturated carbocycles. The van der Waals surface area contributed by atoms with Crippen molar-refractivity contribution in [2.75, 3.05) is 38.6 Å². The number of anilines is 1. The van der Waals surface area contributed by atoms with E-state index in [1.807, 2.05) is 54.6 Å². The molecule has 1 amide bonds. The van der Waals surface area contributed by atoms with Crippen LogP contribution < -0.4 is 15.4 Å². The van der Waals surface area contributed by atoms with E-state index in [1.54, 1.807) is 7.11 Å². The van der Waals surface area contributed by atoms with Crippen LogP contribution in [0.25, 0.3) is 21.3 Å². The largest absolute Gasteiger partial charge is 0.494 e. The summed E-state index contributed by atoms with van der Waals surface area (Å²) in [6, 6.07) is 22.0. The van der Waals surface area contributed by atoms with Gasteiger partial charge in [0.2, 0.25) is 0 Å². The van der Waals surface area contributed by atoms with Crippen molar-refractivity contribution in [3.8, 4) is 16.9 Å². The summed E-state index contributed by atoms with van der Waals surface area (Å²) in [5, 5.41) is 6.97. The monoisotopic (exact) mass is 544 g/mol. The zero-order chi connectivity index (χ0) is 23.3. The minimum Gasteiger partial charge on any atom is -0.494 e. The number of halogens is 2. The average Bonchev–Trinajstić information content (AvgIpc) is 3.12. The summed E-state index contributed by atoms with van der Waals surface area (Å²) in [7, 11) is 1.64. The van der Waals surface area contributed by atoms with Crippen LogP contribution in [-0.2, 0) is 6.54 Å². The Hall–Kier alpha value is -2.68. The van der Waals surface area contributed by atoms with Crippen LogP contribution in [0.1, 0.15) is 22.3 Å². The molecule has 6 nitrogen and oxygen atoms in total. The van der Waals surface area contributed by atoms with Crippen molar-refractivity contribution in [1.82, 2.24) is 15.2 Å². The van der Waals surface area contributed by atoms with Crippen LogP contribution in [0, 0.1) is 0 Å². The Morgan fingerprint density at radius 3 is 2.56 bits per heavy atom. The third-order valence-corrected chi connectivity index (χ3v) is 7.09. The molecule has 1 saturated heterocycles. The summed E-state index contributed by atoms with van der Waals surface area (Å²) in [4.78, 5) is 20.1. The van der Waals surface area contributed by atoms with Crippen LogP contribution in [0.2, 0.25) is 0 Å². The average molecular weight is 546 g/mol. The fourth-order valence-corrected chi connectivity index (χ4v) is 5.31. The highest BCUT2D eigenvalue weighted by molar-refractivity contribution is 7.23. The molecule has 0 spiro atoms. The maximum atomic E-state index is 13.0. The molecule has 190 valence electrons. The van der Waals surface area contributed by atoms with E-state index in [-0.39, 0.29) is 30.7 Å². The zero-order valence-electron chi connectivity index (χ0n) is 20.0. The van der Waals surface area contributed by atoms with Gasteiger partial charge in [0.1, 0.15) is 11.3 Å². The Balaban J connectivity index is 0.00000180. The number of nitrogens with zero attached hydrogens (tertiary/aromatic N) is 2. The SMILES string of the molecule is COc1ccc(-c2ccccc2)c2sc(NC(=O)c3ccc(CN4CCCNCC4)cc3)nc12.Cl.Cl. The number of ether oxygens (including phenoxy) is 1. The molecule has 0 unspecified atom stereocenters. The predicted molar refractivity (Wildman–Crippen MR) is 153 cm³/mol. The topological polar surface area (TPSA) is 66.5 Å². The number of benzene rings is 3. The Morgan fingerprint density at radius 1 is 1.03 bits per heavy atom. The molecule has 1 fully saturated rings. The van der Waals surface area contributed by atoms with E-state index >= 15 is 0 Å². The van der Waals surface area contributed by atoms with Gasteiger partial charge < -0.3 is 10.1 Å². The van der Waals surface area contributed by atoms with Gasteiger partial charge in [-0.3, -0.25) is 15.0 Å². The second kappa shape index (κ2) is 13.0. The molecule has 0 radical (unpaired) electrons. The molecule has 36 heavy (non-hydrogen) atoms. The second-order valence-corrected chi connectivity index (χ2v) is 9.41. The molecule has 2 N–H and O–H groups in total. The first-order valence-electron chi connectivity index (χ1n) is 11.6. The molecule has 9 heteroatoms. The van der Waals surface area contributed by atoms with Gasteiger partial charge in [-0.05, 0) is 54.9 Å². The number of amides is 1. The molecule has 1 aliphatic rings. The lowest BCUT2D eigenvalue weighted by atomic mass is 10.1. The quantitative estimate of drug-likeness (QED) is 0.318. The normalized spacial score (nSPS) is 13.8. The lowest BCUT2D eigenvalue weighted by molar-refractivity contribution is 0.102. The van der Waals surface area contributed by atoms with Crippen molar-refractivity contribution < 1.29 is 9.53 Å². The molecule has 0 aliphatic carbocycles. The summed E-state index contributed by atoms with van der Waals surface area (Å²) in [6.45, 7) is 5.17. The highest BCUT2D eigenvalue weighted by atomic mass is 35.5. The third-order valence-electron chi connectivity index (χ3n) is 6.09. The molecular weight excluding hydrogens is 515 g/mol. The Kier molecular flexibility index (Phi) is 10.1. The van der Waals surface area contributed by atoms with E-state index in [0.717, 1.165) is 54.1 Å². The van der Waals surface area contributed by atoms with Gasteiger partial charge in [0.15, 0.2) is 5.13 Å². The predicted octanol–water partition coefficient (Wildman–Crippen LogP) is 5.86. The zero-order valence-corrected chi connectivity index (χ0v) is 22.5. The van der Waals surface area contributed by atoms with Crippen molar-refractivity contribution >= 4 is 57.4 Å². The van der Waals surface area contributed by atoms with Crippen LogP contribution in [0.5, 0.6) is 5.75 Å². The molecule has 1 aliphatic heterocycles. The van der Waals surface area contributed by atoms with Crippen molar-refractivity contribution in [2.24, 2.45) is 0 Å². The Bertz CT molecular complexity index is 1270. The van der Waals surface area contributed by atoms with Crippen LogP contribution in [0.3, 0.4) is 0 Å². The number of carbonyl (C=O) groups excluding carboxylic acids is 1. The number of rotatable bonds is 6. The summed E-state index contributed by atoms with van der Waals surface area (Å²) in [5.41, 5.74) is 4.77. The van der Waals surface area contributed by atoms with Crippen molar-refractivity contribution in [2.45, 2.75) is 13.0 Å². The molecule has 5 rings (SSSR count). The summed E-state index contributed by atoms with van der Waals surface area (Å²) in [5.74, 6) is 0.532. The molecule has 2 heterocycles. The number of thiazole rings is 1. The highest BCUT2D eigenvalue weighted by Gasteiger charge is 2.16. The van der Waals surface area contributed by atoms with E-state index in [9.17, 15) is 4.79 Å². The van der Waals surface area contributed by atoms with Crippen molar-refractivity contribution in [3.05, 3.63) is 77.9 Å². The molecule has 4 aromatic rings. The second-order valence-electron chi connectivity index (χ2n) is 8.41. The fraction of sp³-hybridized carbons (Fsp3) is 0.259.